The Morgan fingerprint density at radius 2 is 2.10 bits per heavy atom. The van der Waals surface area contributed by atoms with Crippen LogP contribution in [0, 0.1) is 12.8 Å². The minimum Gasteiger partial charge on any atom is -0.384 e. The van der Waals surface area contributed by atoms with Crippen LogP contribution in [-0.2, 0) is 4.79 Å². The van der Waals surface area contributed by atoms with Gasteiger partial charge in [-0.1, -0.05) is 28.9 Å². The summed E-state index contributed by atoms with van der Waals surface area (Å²) >= 11 is 3.52. The molecule has 0 unspecified atom stereocenters. The van der Waals surface area contributed by atoms with Gasteiger partial charge in [0.25, 0.3) is 0 Å². The maximum atomic E-state index is 12.1. The second kappa shape index (κ2) is 7.11. The van der Waals surface area contributed by atoms with Gasteiger partial charge in [0.2, 0.25) is 5.91 Å². The molecular formula is C16H23BrN2O. The third kappa shape index (κ3) is 4.23. The number of hydrogen-bond acceptors (Lipinski definition) is 2. The van der Waals surface area contributed by atoms with Gasteiger partial charge in [0.1, 0.15) is 0 Å². The Kier molecular flexibility index (Phi) is 5.46. The quantitative estimate of drug-likeness (QED) is 0.905. The zero-order valence-electron chi connectivity index (χ0n) is 12.3. The van der Waals surface area contributed by atoms with Crippen molar-refractivity contribution in [1.29, 1.82) is 0 Å². The largest absolute Gasteiger partial charge is 0.384 e. The van der Waals surface area contributed by atoms with Gasteiger partial charge >= 0.3 is 0 Å². The molecule has 1 aliphatic rings. The number of halogens is 1. The molecule has 0 saturated carbocycles. The van der Waals surface area contributed by atoms with E-state index in [-0.39, 0.29) is 5.91 Å². The van der Waals surface area contributed by atoms with Crippen LogP contribution < -0.4 is 5.32 Å². The van der Waals surface area contributed by atoms with Crippen LogP contribution in [0.3, 0.4) is 0 Å². The number of rotatable bonds is 4. The number of piperidine rings is 1. The molecular weight excluding hydrogens is 316 g/mol. The highest BCUT2D eigenvalue weighted by Gasteiger charge is 2.19. The Morgan fingerprint density at radius 3 is 2.75 bits per heavy atom. The minimum absolute atomic E-state index is 0.274. The summed E-state index contributed by atoms with van der Waals surface area (Å²) in [6, 6.07) is 6.18. The zero-order valence-corrected chi connectivity index (χ0v) is 13.9. The number of amides is 1. The van der Waals surface area contributed by atoms with Crippen molar-refractivity contribution >= 4 is 27.5 Å². The highest BCUT2D eigenvalue weighted by Crippen LogP contribution is 2.21. The van der Waals surface area contributed by atoms with Crippen LogP contribution in [0.1, 0.15) is 31.7 Å². The van der Waals surface area contributed by atoms with Crippen LogP contribution in [0.4, 0.5) is 5.69 Å². The molecule has 3 nitrogen and oxygen atoms in total. The van der Waals surface area contributed by atoms with E-state index in [1.54, 1.807) is 0 Å². The molecule has 110 valence electrons. The predicted octanol–water partition coefficient (Wildman–Crippen LogP) is 3.82. The normalized spacial score (nSPS) is 16.2. The van der Waals surface area contributed by atoms with Crippen LogP contribution in [0.25, 0.3) is 0 Å². The standard InChI is InChI=1S/C16H23BrN2O/c1-12-6-9-19(10-7-12)16(20)5-8-18-14-4-3-13(2)15(17)11-14/h3-4,11-12,18H,5-10H2,1-2H3. The van der Waals surface area contributed by atoms with Gasteiger partial charge in [-0.2, -0.15) is 0 Å². The van der Waals surface area contributed by atoms with E-state index in [0.29, 0.717) is 13.0 Å². The van der Waals surface area contributed by atoms with Crippen molar-refractivity contribution in [2.45, 2.75) is 33.1 Å². The topological polar surface area (TPSA) is 32.3 Å². The Morgan fingerprint density at radius 1 is 1.40 bits per heavy atom. The summed E-state index contributed by atoms with van der Waals surface area (Å²) in [6.45, 7) is 6.87. The number of carbonyl (C=O) groups is 1. The van der Waals surface area contributed by atoms with Gasteiger partial charge in [-0.15, -0.1) is 0 Å². The molecule has 1 saturated heterocycles. The fourth-order valence-electron chi connectivity index (χ4n) is 2.43. The molecule has 1 fully saturated rings. The van der Waals surface area contributed by atoms with Crippen molar-refractivity contribution in [3.8, 4) is 0 Å². The molecule has 0 aromatic heterocycles. The van der Waals surface area contributed by atoms with E-state index in [4.69, 9.17) is 0 Å². The molecule has 1 aliphatic heterocycles. The van der Waals surface area contributed by atoms with E-state index in [9.17, 15) is 4.79 Å². The first-order valence-electron chi connectivity index (χ1n) is 7.34. The minimum atomic E-state index is 0.274. The summed E-state index contributed by atoms with van der Waals surface area (Å²) in [5, 5.41) is 3.31. The molecule has 0 spiro atoms. The Balaban J connectivity index is 1.75. The van der Waals surface area contributed by atoms with Gasteiger partial charge in [0.15, 0.2) is 0 Å². The Labute approximate surface area is 129 Å². The smallest absolute Gasteiger partial charge is 0.224 e. The number of anilines is 1. The van der Waals surface area contributed by atoms with Crippen LogP contribution in [0.5, 0.6) is 0 Å². The fraction of sp³-hybridized carbons (Fsp3) is 0.562. The summed E-state index contributed by atoms with van der Waals surface area (Å²) in [5.41, 5.74) is 2.27. The number of nitrogens with zero attached hydrogens (tertiary/aromatic N) is 1. The van der Waals surface area contributed by atoms with Crippen molar-refractivity contribution in [2.75, 3.05) is 25.0 Å². The lowest BCUT2D eigenvalue weighted by Gasteiger charge is -2.30. The lowest BCUT2D eigenvalue weighted by atomic mass is 9.99. The zero-order chi connectivity index (χ0) is 14.5. The van der Waals surface area contributed by atoms with E-state index >= 15 is 0 Å². The van der Waals surface area contributed by atoms with E-state index < -0.39 is 0 Å². The third-order valence-corrected chi connectivity index (χ3v) is 4.83. The first kappa shape index (κ1) is 15.4. The van der Waals surface area contributed by atoms with E-state index in [1.165, 1.54) is 5.56 Å². The van der Waals surface area contributed by atoms with E-state index in [2.05, 4.69) is 47.2 Å². The summed E-state index contributed by atoms with van der Waals surface area (Å²) in [4.78, 5) is 14.1. The molecule has 1 amide bonds. The lowest BCUT2D eigenvalue weighted by molar-refractivity contribution is -0.132. The molecule has 1 heterocycles. The van der Waals surface area contributed by atoms with Gasteiger partial charge in [0, 0.05) is 36.2 Å². The van der Waals surface area contributed by atoms with Gasteiger partial charge in [-0.05, 0) is 43.4 Å². The molecule has 0 atom stereocenters. The van der Waals surface area contributed by atoms with Crippen molar-refractivity contribution in [3.05, 3.63) is 28.2 Å². The SMILES string of the molecule is Cc1ccc(NCCC(=O)N2CCC(C)CC2)cc1Br. The monoisotopic (exact) mass is 338 g/mol. The lowest BCUT2D eigenvalue weighted by Crippen LogP contribution is -2.38. The number of carbonyl (C=O) groups excluding carboxylic acids is 1. The molecule has 0 bridgehead atoms. The maximum Gasteiger partial charge on any atom is 0.224 e. The van der Waals surface area contributed by atoms with Crippen molar-refractivity contribution in [2.24, 2.45) is 5.92 Å². The molecule has 2 rings (SSSR count). The van der Waals surface area contributed by atoms with E-state index in [1.807, 2.05) is 11.0 Å². The highest BCUT2D eigenvalue weighted by molar-refractivity contribution is 9.10. The average Bonchev–Trinajstić information content (AvgIpc) is 2.43. The van der Waals surface area contributed by atoms with Crippen LogP contribution in [-0.4, -0.2) is 30.4 Å². The summed E-state index contributed by atoms with van der Waals surface area (Å²) < 4.78 is 1.10. The Bertz CT molecular complexity index is 468. The second-order valence-corrected chi connectivity index (χ2v) is 6.56. The molecule has 1 aromatic carbocycles. The fourth-order valence-corrected chi connectivity index (χ4v) is 2.81. The molecule has 1 aromatic rings. The number of likely N-dealkylation sites (tertiary alicyclic amines) is 1. The van der Waals surface area contributed by atoms with E-state index in [0.717, 1.165) is 42.0 Å². The van der Waals surface area contributed by atoms with Crippen LogP contribution in [0.15, 0.2) is 22.7 Å². The molecule has 1 N–H and O–H groups in total. The summed E-state index contributed by atoms with van der Waals surface area (Å²) in [6.07, 6.45) is 2.86. The van der Waals surface area contributed by atoms with Crippen LogP contribution in [0.2, 0.25) is 0 Å². The summed E-state index contributed by atoms with van der Waals surface area (Å²) in [7, 11) is 0. The van der Waals surface area contributed by atoms with Crippen molar-refractivity contribution < 1.29 is 4.79 Å². The number of benzene rings is 1. The predicted molar refractivity (Wildman–Crippen MR) is 87.0 cm³/mol. The first-order valence-corrected chi connectivity index (χ1v) is 8.13. The van der Waals surface area contributed by atoms with Crippen LogP contribution >= 0.6 is 15.9 Å². The van der Waals surface area contributed by atoms with Gasteiger partial charge < -0.3 is 10.2 Å². The number of aryl methyl sites for hydroxylation is 1. The van der Waals surface area contributed by atoms with Gasteiger partial charge in [-0.25, -0.2) is 0 Å². The van der Waals surface area contributed by atoms with Crippen molar-refractivity contribution in [3.63, 3.8) is 0 Å². The maximum absolute atomic E-state index is 12.1. The van der Waals surface area contributed by atoms with Crippen molar-refractivity contribution in [1.82, 2.24) is 4.90 Å². The first-order chi connectivity index (χ1) is 9.56. The Hall–Kier alpha value is -1.03. The molecule has 0 aliphatic carbocycles. The summed E-state index contributed by atoms with van der Waals surface area (Å²) in [5.74, 6) is 1.04. The van der Waals surface area contributed by atoms with Gasteiger partial charge in [0.05, 0.1) is 0 Å². The highest BCUT2D eigenvalue weighted by atomic mass is 79.9. The third-order valence-electron chi connectivity index (χ3n) is 3.98. The molecule has 0 radical (unpaired) electrons. The second-order valence-electron chi connectivity index (χ2n) is 5.70. The molecule has 4 heteroatoms. The average molecular weight is 339 g/mol. The van der Waals surface area contributed by atoms with Gasteiger partial charge in [-0.3, -0.25) is 4.79 Å². The number of hydrogen-bond donors (Lipinski definition) is 1. The molecule has 20 heavy (non-hydrogen) atoms. The number of nitrogens with one attached hydrogen (secondary N) is 1.